The summed E-state index contributed by atoms with van der Waals surface area (Å²) < 4.78 is 0. The maximum absolute atomic E-state index is 13.7. The van der Waals surface area contributed by atoms with E-state index in [9.17, 15) is 20.1 Å². The monoisotopic (exact) mass is 973 g/mol. The van der Waals surface area contributed by atoms with E-state index in [2.05, 4.69) is 32.9 Å². The van der Waals surface area contributed by atoms with E-state index in [1.165, 1.54) is 270 Å². The molecule has 2 unspecified atom stereocenters. The van der Waals surface area contributed by atoms with Crippen LogP contribution in [-0.4, -0.2) is 38.9 Å². The van der Waals surface area contributed by atoms with Crippen molar-refractivity contribution < 1.29 is 20.1 Å². The average molecular weight is 974 g/mol. The highest BCUT2D eigenvalue weighted by Gasteiger charge is 2.47. The molecule has 0 bridgehead atoms. The summed E-state index contributed by atoms with van der Waals surface area (Å²) in [7, 11) is 0. The molecular weight excluding hydrogens is 845 g/mol. The van der Waals surface area contributed by atoms with Crippen LogP contribution in [-0.2, 0) is 4.79 Å². The predicted molar refractivity (Wildman–Crippen MR) is 307 cm³/mol. The lowest BCUT2D eigenvalue weighted by atomic mass is 9.79. The van der Waals surface area contributed by atoms with Crippen LogP contribution < -0.4 is 0 Å². The maximum Gasteiger partial charge on any atom is 0.174 e. The molecule has 2 atom stereocenters. The lowest BCUT2D eigenvalue weighted by Gasteiger charge is -2.36. The summed E-state index contributed by atoms with van der Waals surface area (Å²) in [5.41, 5.74) is -2.05. The molecule has 0 spiro atoms. The van der Waals surface area contributed by atoms with E-state index in [1.54, 1.807) is 0 Å². The van der Waals surface area contributed by atoms with Crippen LogP contribution >= 0.6 is 0 Å². The number of hydrogen-bond donors (Lipinski definition) is 3. The minimum atomic E-state index is -2.05. The van der Waals surface area contributed by atoms with Gasteiger partial charge in [-0.05, 0) is 44.9 Å². The van der Waals surface area contributed by atoms with Gasteiger partial charge in [0.15, 0.2) is 11.4 Å². The molecule has 0 saturated heterocycles. The summed E-state index contributed by atoms with van der Waals surface area (Å²) in [6.45, 7) is 6.86. The first kappa shape index (κ1) is 68.3. The molecule has 412 valence electrons. The number of carbonyl (C=O) groups is 1. The molecule has 0 aliphatic rings. The lowest BCUT2D eigenvalue weighted by molar-refractivity contribution is -0.174. The number of rotatable bonds is 60. The smallest absolute Gasteiger partial charge is 0.174 e. The van der Waals surface area contributed by atoms with Gasteiger partial charge >= 0.3 is 0 Å². The summed E-state index contributed by atoms with van der Waals surface area (Å²) in [6.07, 6.45) is 71.7. The van der Waals surface area contributed by atoms with Crippen LogP contribution in [0.1, 0.15) is 380 Å². The number of Topliss-reactive ketones (excluding diaryl/α,β-unsaturated/α-hetero) is 1. The van der Waals surface area contributed by atoms with Crippen molar-refractivity contribution >= 4 is 5.78 Å². The lowest BCUT2D eigenvalue weighted by Crippen LogP contribution is -2.58. The highest BCUT2D eigenvalue weighted by molar-refractivity contribution is 5.88. The number of carbonyl (C=O) groups excluding carboxylic acids is 1. The Kier molecular flexibility index (Phi) is 56.0. The van der Waals surface area contributed by atoms with Gasteiger partial charge in [0.05, 0.1) is 12.2 Å². The minimum absolute atomic E-state index is 0.237. The molecule has 69 heavy (non-hydrogen) atoms. The van der Waals surface area contributed by atoms with Crippen molar-refractivity contribution in [2.75, 3.05) is 0 Å². The number of unbranched alkanes of at least 4 members (excludes halogenated alkanes) is 49. The number of aliphatic hydroxyl groups is 3. The molecule has 0 radical (unpaired) electrons. The Morgan fingerprint density at radius 3 is 0.725 bits per heavy atom. The fourth-order valence-corrected chi connectivity index (χ4v) is 10.8. The zero-order valence-corrected chi connectivity index (χ0v) is 47.7. The van der Waals surface area contributed by atoms with E-state index in [4.69, 9.17) is 0 Å². The second-order valence-corrected chi connectivity index (χ2v) is 22.6. The minimum Gasteiger partial charge on any atom is -0.390 e. The first-order chi connectivity index (χ1) is 33.9. The number of hydrogen-bond acceptors (Lipinski definition) is 4. The van der Waals surface area contributed by atoms with Gasteiger partial charge in [0.25, 0.3) is 0 Å². The van der Waals surface area contributed by atoms with Gasteiger partial charge in [-0.2, -0.15) is 0 Å². The molecule has 0 amide bonds. The van der Waals surface area contributed by atoms with Crippen molar-refractivity contribution in [1.29, 1.82) is 0 Å². The number of ketones is 1. The Balaban J connectivity index is 4.42. The maximum atomic E-state index is 13.7. The zero-order valence-electron chi connectivity index (χ0n) is 47.7. The van der Waals surface area contributed by atoms with Crippen molar-refractivity contribution in [3.63, 3.8) is 0 Å². The third-order valence-corrected chi connectivity index (χ3v) is 15.8. The van der Waals surface area contributed by atoms with Gasteiger partial charge in [-0.1, -0.05) is 341 Å². The molecule has 0 aromatic rings. The van der Waals surface area contributed by atoms with Crippen LogP contribution in [0.2, 0.25) is 0 Å². The Morgan fingerprint density at radius 2 is 0.493 bits per heavy atom. The first-order valence-corrected chi connectivity index (χ1v) is 32.2. The summed E-state index contributed by atoms with van der Waals surface area (Å²) in [4.78, 5) is 13.7. The fraction of sp³-hybridized carbons (Fsp3) is 0.954. The van der Waals surface area contributed by atoms with Gasteiger partial charge in [0, 0.05) is 6.42 Å². The third kappa shape index (κ3) is 46.8. The SMILES string of the molecule is CCCCCCCCC=CCCCCCCCC(=O)C(O)(C(O)CCCCCCCCCCCCCCCCCCCCCC)C(O)CCCCCCCCCCCCCCCCCCCCCC. The van der Waals surface area contributed by atoms with E-state index in [0.717, 1.165) is 64.2 Å². The largest absolute Gasteiger partial charge is 0.390 e. The average Bonchev–Trinajstić information content (AvgIpc) is 3.35. The van der Waals surface area contributed by atoms with Crippen molar-refractivity contribution in [2.45, 2.75) is 398 Å². The normalized spacial score (nSPS) is 13.7. The third-order valence-electron chi connectivity index (χ3n) is 15.8. The first-order valence-electron chi connectivity index (χ1n) is 32.2. The van der Waals surface area contributed by atoms with Crippen LogP contribution in [0.15, 0.2) is 12.2 Å². The van der Waals surface area contributed by atoms with Gasteiger partial charge < -0.3 is 15.3 Å². The Morgan fingerprint density at radius 1 is 0.304 bits per heavy atom. The molecule has 3 N–H and O–H groups in total. The van der Waals surface area contributed by atoms with E-state index in [-0.39, 0.29) is 12.2 Å². The molecule has 0 aromatic heterocycles. The molecule has 0 aromatic carbocycles. The molecule has 0 rings (SSSR count). The second-order valence-electron chi connectivity index (χ2n) is 22.6. The molecule has 0 fully saturated rings. The summed E-state index contributed by atoms with van der Waals surface area (Å²) in [6, 6.07) is 0. The molecule has 4 nitrogen and oxygen atoms in total. The summed E-state index contributed by atoms with van der Waals surface area (Å²) in [5, 5.41) is 34.7. The van der Waals surface area contributed by atoms with E-state index in [0.29, 0.717) is 19.3 Å². The van der Waals surface area contributed by atoms with Gasteiger partial charge in [0.1, 0.15) is 0 Å². The summed E-state index contributed by atoms with van der Waals surface area (Å²) >= 11 is 0. The van der Waals surface area contributed by atoms with Crippen LogP contribution in [0.25, 0.3) is 0 Å². The quantitative estimate of drug-likeness (QED) is 0.0419. The van der Waals surface area contributed by atoms with Crippen LogP contribution in [0.5, 0.6) is 0 Å². The van der Waals surface area contributed by atoms with Crippen molar-refractivity contribution in [2.24, 2.45) is 0 Å². The Labute approximate surface area is 434 Å². The summed E-state index contributed by atoms with van der Waals surface area (Å²) in [5.74, 6) is -0.346. The molecule has 0 aliphatic carbocycles. The van der Waals surface area contributed by atoms with Crippen LogP contribution in [0.3, 0.4) is 0 Å². The van der Waals surface area contributed by atoms with Gasteiger partial charge in [-0.25, -0.2) is 0 Å². The molecule has 4 heteroatoms. The van der Waals surface area contributed by atoms with Gasteiger partial charge in [0.2, 0.25) is 0 Å². The van der Waals surface area contributed by atoms with E-state index >= 15 is 0 Å². The fourth-order valence-electron chi connectivity index (χ4n) is 10.8. The van der Waals surface area contributed by atoms with Crippen molar-refractivity contribution in [1.82, 2.24) is 0 Å². The topological polar surface area (TPSA) is 77.8 Å². The highest BCUT2D eigenvalue weighted by Crippen LogP contribution is 2.29. The van der Waals surface area contributed by atoms with E-state index in [1.807, 2.05) is 0 Å². The highest BCUT2D eigenvalue weighted by atomic mass is 16.4. The second kappa shape index (κ2) is 56.6. The van der Waals surface area contributed by atoms with Gasteiger partial charge in [-0.15, -0.1) is 0 Å². The van der Waals surface area contributed by atoms with Crippen molar-refractivity contribution in [3.05, 3.63) is 12.2 Å². The van der Waals surface area contributed by atoms with Crippen molar-refractivity contribution in [3.8, 4) is 0 Å². The predicted octanol–water partition coefficient (Wildman–Crippen LogP) is 21.5. The van der Waals surface area contributed by atoms with Gasteiger partial charge in [-0.3, -0.25) is 4.79 Å². The number of allylic oxidation sites excluding steroid dienone is 2. The standard InChI is InChI=1S/C65H128O4/c1-4-7-10-13-16-19-22-25-28-30-32-34-36-39-42-45-48-51-54-57-60-63(67)65(69,62(66)59-56-53-50-47-44-41-38-27-24-21-18-15-12-9-6-3)64(68)61-58-55-52-49-46-43-40-37-35-33-31-29-26-23-20-17-14-11-8-5-2/h27,38,63-64,67-69H,4-26,28-37,39-61H2,1-3H3. The molecule has 0 saturated carbocycles. The molecule has 0 heterocycles. The zero-order chi connectivity index (χ0) is 50.2. The molecular formula is C65H128O4. The van der Waals surface area contributed by atoms with E-state index < -0.39 is 17.8 Å². The van der Waals surface area contributed by atoms with Crippen LogP contribution in [0.4, 0.5) is 0 Å². The van der Waals surface area contributed by atoms with Crippen LogP contribution in [0, 0.1) is 0 Å². The molecule has 0 aliphatic heterocycles. The number of aliphatic hydroxyl groups excluding tert-OH is 2. The Hall–Kier alpha value is -0.710. The Bertz CT molecular complexity index is 958.